The van der Waals surface area contributed by atoms with Crippen molar-refractivity contribution in [3.63, 3.8) is 0 Å². The number of carboxylic acid groups (broad SMARTS) is 1. The molecular weight excluding hydrogens is 425 g/mol. The fraction of sp³-hybridized carbons (Fsp3) is 0.238. The highest BCUT2D eigenvalue weighted by Crippen LogP contribution is 2.33. The molecular formula is C21H20FN3O3S2. The van der Waals surface area contributed by atoms with Gasteiger partial charge in [-0.2, -0.15) is 0 Å². The van der Waals surface area contributed by atoms with Crippen LogP contribution >= 0.6 is 24.0 Å². The van der Waals surface area contributed by atoms with Crippen LogP contribution in [0.2, 0.25) is 0 Å². The Morgan fingerprint density at radius 3 is 2.80 bits per heavy atom. The van der Waals surface area contributed by atoms with Crippen LogP contribution < -0.4 is 5.73 Å². The van der Waals surface area contributed by atoms with Crippen molar-refractivity contribution < 1.29 is 19.1 Å². The summed E-state index contributed by atoms with van der Waals surface area (Å²) < 4.78 is 14.2. The standard InChI is InChI=1S/C21H20FN3O3S2/c22-15-11-13(8-9-16(15)23)17-6-4-5-14(24-17)12-18-20(28)25(21(29)30-18)10-3-1-2-7-19(26)27/h4-6,8-9,11-12H,1-3,7,10,23H2,(H,26,27). The first-order chi connectivity index (χ1) is 14.3. The molecule has 0 aliphatic carbocycles. The summed E-state index contributed by atoms with van der Waals surface area (Å²) in [5, 5.41) is 8.68. The Bertz CT molecular complexity index is 1030. The Morgan fingerprint density at radius 2 is 2.07 bits per heavy atom. The van der Waals surface area contributed by atoms with Gasteiger partial charge < -0.3 is 10.8 Å². The number of halogens is 1. The van der Waals surface area contributed by atoms with Gasteiger partial charge in [0.1, 0.15) is 10.1 Å². The van der Waals surface area contributed by atoms with Gasteiger partial charge in [0.2, 0.25) is 0 Å². The van der Waals surface area contributed by atoms with Gasteiger partial charge in [0.15, 0.2) is 0 Å². The second kappa shape index (κ2) is 9.82. The smallest absolute Gasteiger partial charge is 0.303 e. The number of nitrogen functional groups attached to an aromatic ring is 1. The van der Waals surface area contributed by atoms with Crippen molar-refractivity contribution in [1.29, 1.82) is 0 Å². The van der Waals surface area contributed by atoms with Crippen molar-refractivity contribution in [3.05, 3.63) is 52.8 Å². The van der Waals surface area contributed by atoms with Crippen LogP contribution in [0.1, 0.15) is 31.4 Å². The molecule has 0 saturated carbocycles. The third-order valence-electron chi connectivity index (χ3n) is 4.49. The lowest BCUT2D eigenvalue weighted by atomic mass is 10.1. The van der Waals surface area contributed by atoms with E-state index in [1.165, 1.54) is 28.8 Å². The van der Waals surface area contributed by atoms with Crippen molar-refractivity contribution in [2.24, 2.45) is 0 Å². The molecule has 0 atom stereocenters. The number of aliphatic carboxylic acids is 1. The monoisotopic (exact) mass is 445 g/mol. The first-order valence-electron chi connectivity index (χ1n) is 9.35. The topological polar surface area (TPSA) is 96.5 Å². The number of carbonyl (C=O) groups excluding carboxylic acids is 1. The zero-order valence-electron chi connectivity index (χ0n) is 16.0. The number of anilines is 1. The van der Waals surface area contributed by atoms with Crippen molar-refractivity contribution in [2.45, 2.75) is 25.7 Å². The lowest BCUT2D eigenvalue weighted by Gasteiger charge is -2.13. The van der Waals surface area contributed by atoms with Gasteiger partial charge in [-0.3, -0.25) is 14.5 Å². The number of thioether (sulfide) groups is 1. The van der Waals surface area contributed by atoms with Crippen molar-refractivity contribution in [3.8, 4) is 11.3 Å². The van der Waals surface area contributed by atoms with Crippen LogP contribution in [0.25, 0.3) is 17.3 Å². The molecule has 1 amide bonds. The first kappa shape index (κ1) is 21.9. The van der Waals surface area contributed by atoms with E-state index in [9.17, 15) is 14.0 Å². The Balaban J connectivity index is 1.69. The Morgan fingerprint density at radius 1 is 1.27 bits per heavy atom. The predicted molar refractivity (Wildman–Crippen MR) is 120 cm³/mol. The van der Waals surface area contributed by atoms with Crippen LogP contribution in [-0.4, -0.2) is 37.7 Å². The summed E-state index contributed by atoms with van der Waals surface area (Å²) in [4.78, 5) is 29.8. The van der Waals surface area contributed by atoms with E-state index in [0.29, 0.717) is 52.0 Å². The molecule has 30 heavy (non-hydrogen) atoms. The van der Waals surface area contributed by atoms with Gasteiger partial charge in [-0.1, -0.05) is 42.5 Å². The molecule has 1 aliphatic rings. The predicted octanol–water partition coefficient (Wildman–Crippen LogP) is 4.32. The van der Waals surface area contributed by atoms with Gasteiger partial charge in [0.05, 0.1) is 22.0 Å². The molecule has 2 heterocycles. The van der Waals surface area contributed by atoms with Crippen LogP contribution in [0.5, 0.6) is 0 Å². The molecule has 3 N–H and O–H groups in total. The van der Waals surface area contributed by atoms with E-state index in [1.54, 1.807) is 30.3 Å². The van der Waals surface area contributed by atoms with Crippen LogP contribution in [-0.2, 0) is 9.59 Å². The van der Waals surface area contributed by atoms with E-state index < -0.39 is 11.8 Å². The second-order valence-corrected chi connectivity index (χ2v) is 8.40. The SMILES string of the molecule is Nc1ccc(-c2cccc(C=C3SC(=S)N(CCCCCC(=O)O)C3=O)n2)cc1F. The first-order valence-corrected chi connectivity index (χ1v) is 10.6. The molecule has 1 aromatic carbocycles. The number of nitrogens with two attached hydrogens (primary N) is 1. The third kappa shape index (κ3) is 5.43. The number of rotatable bonds is 8. The molecule has 3 rings (SSSR count). The number of amides is 1. The van der Waals surface area contributed by atoms with Crippen molar-refractivity contribution in [2.75, 3.05) is 12.3 Å². The minimum atomic E-state index is -0.819. The number of carboxylic acids is 1. The molecule has 1 saturated heterocycles. The van der Waals surface area contributed by atoms with E-state index in [-0.39, 0.29) is 18.0 Å². The van der Waals surface area contributed by atoms with Gasteiger partial charge in [-0.25, -0.2) is 9.37 Å². The third-order valence-corrected chi connectivity index (χ3v) is 5.87. The number of hydrogen-bond donors (Lipinski definition) is 2. The molecule has 156 valence electrons. The van der Waals surface area contributed by atoms with E-state index >= 15 is 0 Å². The fourth-order valence-corrected chi connectivity index (χ4v) is 4.22. The summed E-state index contributed by atoms with van der Waals surface area (Å²) in [6, 6.07) is 9.80. The molecule has 0 bridgehead atoms. The zero-order chi connectivity index (χ0) is 21.7. The summed E-state index contributed by atoms with van der Waals surface area (Å²) in [6.07, 6.45) is 3.76. The number of benzene rings is 1. The van der Waals surface area contributed by atoms with E-state index in [0.717, 1.165) is 0 Å². The summed E-state index contributed by atoms with van der Waals surface area (Å²) in [5.74, 6) is -1.52. The number of carbonyl (C=O) groups is 2. The zero-order valence-corrected chi connectivity index (χ0v) is 17.6. The van der Waals surface area contributed by atoms with E-state index in [2.05, 4.69) is 4.98 Å². The van der Waals surface area contributed by atoms with Crippen molar-refractivity contribution in [1.82, 2.24) is 9.88 Å². The highest BCUT2D eigenvalue weighted by Gasteiger charge is 2.31. The van der Waals surface area contributed by atoms with Crippen LogP contribution in [0.3, 0.4) is 0 Å². The minimum absolute atomic E-state index is 0.0709. The van der Waals surface area contributed by atoms with E-state index in [1.807, 2.05) is 0 Å². The Labute approximate surface area is 183 Å². The maximum absolute atomic E-state index is 13.8. The Kier molecular flexibility index (Phi) is 7.17. The average molecular weight is 446 g/mol. The summed E-state index contributed by atoms with van der Waals surface area (Å²) >= 11 is 6.53. The van der Waals surface area contributed by atoms with Gasteiger partial charge >= 0.3 is 5.97 Å². The number of nitrogens with zero attached hydrogens (tertiary/aromatic N) is 2. The molecule has 9 heteroatoms. The van der Waals surface area contributed by atoms with Crippen molar-refractivity contribution >= 4 is 51.9 Å². The highest BCUT2D eigenvalue weighted by molar-refractivity contribution is 8.26. The maximum atomic E-state index is 13.8. The normalized spacial score (nSPS) is 15.2. The average Bonchev–Trinajstić information content (AvgIpc) is 2.97. The number of aromatic nitrogens is 1. The molecule has 1 aliphatic heterocycles. The molecule has 1 aromatic heterocycles. The highest BCUT2D eigenvalue weighted by atomic mass is 32.2. The van der Waals surface area contributed by atoms with Gasteiger partial charge in [-0.15, -0.1) is 0 Å². The van der Waals surface area contributed by atoms with Crippen LogP contribution in [0, 0.1) is 5.82 Å². The summed E-state index contributed by atoms with van der Waals surface area (Å²) in [5.41, 5.74) is 7.31. The minimum Gasteiger partial charge on any atom is -0.481 e. The number of pyridine rings is 1. The maximum Gasteiger partial charge on any atom is 0.303 e. The Hall–Kier alpha value is -2.78. The van der Waals surface area contributed by atoms with Gasteiger partial charge in [0, 0.05) is 18.5 Å². The quantitative estimate of drug-likeness (QED) is 0.270. The molecule has 2 aromatic rings. The largest absolute Gasteiger partial charge is 0.481 e. The lowest BCUT2D eigenvalue weighted by Crippen LogP contribution is -2.29. The summed E-state index contributed by atoms with van der Waals surface area (Å²) in [6.45, 7) is 0.458. The number of thiocarbonyl (C=S) groups is 1. The summed E-state index contributed by atoms with van der Waals surface area (Å²) in [7, 11) is 0. The van der Waals surface area contributed by atoms with Gasteiger partial charge in [0.25, 0.3) is 5.91 Å². The van der Waals surface area contributed by atoms with E-state index in [4.69, 9.17) is 23.1 Å². The van der Waals surface area contributed by atoms with Gasteiger partial charge in [-0.05, 0) is 43.2 Å². The fourth-order valence-electron chi connectivity index (χ4n) is 2.93. The molecule has 0 radical (unpaired) electrons. The van der Waals surface area contributed by atoms with Crippen LogP contribution in [0.15, 0.2) is 41.3 Å². The molecule has 0 unspecified atom stereocenters. The molecule has 0 spiro atoms. The molecule has 1 fully saturated rings. The second-order valence-electron chi connectivity index (χ2n) is 6.72. The number of unbranched alkanes of at least 4 members (excludes halogenated alkanes) is 2. The van der Waals surface area contributed by atoms with Crippen LogP contribution in [0.4, 0.5) is 10.1 Å². The number of hydrogen-bond acceptors (Lipinski definition) is 6. The molecule has 6 nitrogen and oxygen atoms in total. The lowest BCUT2D eigenvalue weighted by molar-refractivity contribution is -0.137.